The van der Waals surface area contributed by atoms with Gasteiger partial charge in [-0.2, -0.15) is 0 Å². The highest BCUT2D eigenvalue weighted by Crippen LogP contribution is 2.00. The van der Waals surface area contributed by atoms with Crippen LogP contribution in [0.2, 0.25) is 0 Å². The number of methoxy groups -OCH3 is 1. The molecule has 0 radical (unpaired) electrons. The van der Waals surface area contributed by atoms with Crippen LogP contribution in [-0.4, -0.2) is 25.7 Å². The second kappa shape index (κ2) is 8.10. The first-order chi connectivity index (χ1) is 7.24. The molecule has 5 heteroatoms. The highest BCUT2D eigenvalue weighted by Gasteiger charge is 2.13. The van der Waals surface area contributed by atoms with Crippen molar-refractivity contribution >= 4 is 18.4 Å². The summed E-state index contributed by atoms with van der Waals surface area (Å²) in [7, 11) is 1.30. The molecule has 0 amide bonds. The molecule has 0 aliphatic rings. The van der Waals surface area contributed by atoms with Gasteiger partial charge >= 0.3 is 5.97 Å². The van der Waals surface area contributed by atoms with Crippen molar-refractivity contribution in [3.63, 3.8) is 0 Å². The average molecular weight is 246 g/mol. The quantitative estimate of drug-likeness (QED) is 0.790. The summed E-state index contributed by atoms with van der Waals surface area (Å²) in [5.74, 6) is -0.455. The third-order valence-corrected chi connectivity index (χ3v) is 1.91. The van der Waals surface area contributed by atoms with Gasteiger partial charge in [-0.05, 0) is 5.56 Å². The number of nitrogens with two attached hydrogens (primary N) is 1. The molecule has 1 aromatic carbocycles. The molecule has 0 unspecified atom stereocenters. The van der Waals surface area contributed by atoms with Gasteiger partial charge in [0.15, 0.2) is 0 Å². The molecule has 0 saturated carbocycles. The highest BCUT2D eigenvalue weighted by molar-refractivity contribution is 5.85. The largest absolute Gasteiger partial charge is 0.468 e. The first kappa shape index (κ1) is 14.9. The van der Waals surface area contributed by atoms with Crippen LogP contribution in [0.1, 0.15) is 5.56 Å². The van der Waals surface area contributed by atoms with E-state index in [9.17, 15) is 4.79 Å². The van der Waals surface area contributed by atoms with Crippen molar-refractivity contribution in [1.29, 1.82) is 0 Å². The van der Waals surface area contributed by atoms with Gasteiger partial charge in [-0.1, -0.05) is 30.3 Å². The van der Waals surface area contributed by atoms with Crippen molar-refractivity contribution in [1.82, 2.24) is 0 Å². The molecule has 4 nitrogen and oxygen atoms in total. The van der Waals surface area contributed by atoms with E-state index in [2.05, 4.69) is 4.74 Å². The second-order valence-electron chi connectivity index (χ2n) is 3.13. The van der Waals surface area contributed by atoms with Crippen molar-refractivity contribution in [2.24, 2.45) is 5.73 Å². The van der Waals surface area contributed by atoms with E-state index in [1.807, 2.05) is 30.3 Å². The Bertz CT molecular complexity index is 305. The Labute approximate surface area is 101 Å². The van der Waals surface area contributed by atoms with Crippen molar-refractivity contribution in [2.45, 2.75) is 12.6 Å². The van der Waals surface area contributed by atoms with E-state index in [-0.39, 0.29) is 19.0 Å². The van der Waals surface area contributed by atoms with Crippen LogP contribution in [-0.2, 0) is 20.9 Å². The monoisotopic (exact) mass is 245 g/mol. The molecule has 0 aliphatic heterocycles. The zero-order valence-corrected chi connectivity index (χ0v) is 9.91. The number of ether oxygens (including phenoxy) is 2. The first-order valence-corrected chi connectivity index (χ1v) is 4.69. The molecule has 1 rings (SSSR count). The van der Waals surface area contributed by atoms with Crippen LogP contribution >= 0.6 is 12.4 Å². The van der Waals surface area contributed by atoms with E-state index in [1.54, 1.807) is 0 Å². The molecule has 0 bridgehead atoms. The number of carbonyl (C=O) groups is 1. The minimum Gasteiger partial charge on any atom is -0.468 e. The third kappa shape index (κ3) is 5.11. The fraction of sp³-hybridized carbons (Fsp3) is 0.364. The van der Waals surface area contributed by atoms with E-state index in [0.29, 0.717) is 6.61 Å². The molecule has 0 aliphatic carbocycles. The van der Waals surface area contributed by atoms with Crippen molar-refractivity contribution in [2.75, 3.05) is 13.7 Å². The smallest absolute Gasteiger partial charge is 0.325 e. The molecule has 90 valence electrons. The van der Waals surface area contributed by atoms with Crippen LogP contribution < -0.4 is 5.73 Å². The van der Waals surface area contributed by atoms with Crippen LogP contribution in [0, 0.1) is 0 Å². The predicted octanol–water partition coefficient (Wildman–Crippen LogP) is 1.13. The van der Waals surface area contributed by atoms with Gasteiger partial charge in [0, 0.05) is 0 Å². The number of esters is 1. The number of hydrogen-bond acceptors (Lipinski definition) is 4. The molecule has 0 spiro atoms. The highest BCUT2D eigenvalue weighted by atomic mass is 35.5. The standard InChI is InChI=1S/C11H15NO3.ClH/c1-14-11(13)10(12)8-15-7-9-5-3-2-4-6-9;/h2-6,10H,7-8,12H2,1H3;1H/t10-;/m1./s1. The summed E-state index contributed by atoms with van der Waals surface area (Å²) < 4.78 is 9.75. The van der Waals surface area contributed by atoms with Crippen LogP contribution in [0.5, 0.6) is 0 Å². The third-order valence-electron chi connectivity index (χ3n) is 1.91. The minimum atomic E-state index is -0.710. The summed E-state index contributed by atoms with van der Waals surface area (Å²) in [6, 6.07) is 8.98. The van der Waals surface area contributed by atoms with Gasteiger partial charge in [-0.15, -0.1) is 12.4 Å². The van der Waals surface area contributed by atoms with Crippen molar-refractivity contribution < 1.29 is 14.3 Å². The molecule has 1 aromatic rings. The van der Waals surface area contributed by atoms with E-state index in [4.69, 9.17) is 10.5 Å². The fourth-order valence-corrected chi connectivity index (χ4v) is 1.10. The van der Waals surface area contributed by atoms with E-state index in [1.165, 1.54) is 7.11 Å². The van der Waals surface area contributed by atoms with Crippen LogP contribution in [0.3, 0.4) is 0 Å². The molecular formula is C11H16ClNO3. The number of rotatable bonds is 5. The van der Waals surface area contributed by atoms with Gasteiger partial charge in [-0.3, -0.25) is 4.79 Å². The summed E-state index contributed by atoms with van der Waals surface area (Å²) in [4.78, 5) is 10.9. The number of benzene rings is 1. The van der Waals surface area contributed by atoms with E-state index < -0.39 is 12.0 Å². The predicted molar refractivity (Wildman–Crippen MR) is 63.3 cm³/mol. The molecular weight excluding hydrogens is 230 g/mol. The molecule has 0 aromatic heterocycles. The average Bonchev–Trinajstić information content (AvgIpc) is 2.29. The maximum absolute atomic E-state index is 10.9. The lowest BCUT2D eigenvalue weighted by atomic mass is 10.2. The molecule has 16 heavy (non-hydrogen) atoms. The molecule has 0 heterocycles. The Morgan fingerprint density at radius 3 is 2.56 bits per heavy atom. The Morgan fingerprint density at radius 2 is 2.00 bits per heavy atom. The zero-order chi connectivity index (χ0) is 11.1. The fourth-order valence-electron chi connectivity index (χ4n) is 1.10. The van der Waals surface area contributed by atoms with Crippen molar-refractivity contribution in [3.05, 3.63) is 35.9 Å². The van der Waals surface area contributed by atoms with Crippen LogP contribution in [0.25, 0.3) is 0 Å². The van der Waals surface area contributed by atoms with Gasteiger partial charge in [0.2, 0.25) is 0 Å². The molecule has 0 fully saturated rings. The zero-order valence-electron chi connectivity index (χ0n) is 9.09. The summed E-state index contributed by atoms with van der Waals surface area (Å²) >= 11 is 0. The SMILES string of the molecule is COC(=O)[C@H](N)COCc1ccccc1.Cl. The number of hydrogen-bond donors (Lipinski definition) is 1. The summed E-state index contributed by atoms with van der Waals surface area (Å²) in [5.41, 5.74) is 6.54. The van der Waals surface area contributed by atoms with E-state index in [0.717, 1.165) is 5.56 Å². The van der Waals surface area contributed by atoms with Crippen molar-refractivity contribution in [3.8, 4) is 0 Å². The Hall–Kier alpha value is -1.10. The molecule has 0 saturated heterocycles. The van der Waals surface area contributed by atoms with Crippen LogP contribution in [0.15, 0.2) is 30.3 Å². The Morgan fingerprint density at radius 1 is 1.38 bits per heavy atom. The van der Waals surface area contributed by atoms with Gasteiger partial charge in [-0.25, -0.2) is 0 Å². The number of halogens is 1. The lowest BCUT2D eigenvalue weighted by Gasteiger charge is -2.09. The normalized spacial score (nSPS) is 11.4. The molecule has 1 atom stereocenters. The molecule has 2 N–H and O–H groups in total. The van der Waals surface area contributed by atoms with Gasteiger partial charge in [0.25, 0.3) is 0 Å². The first-order valence-electron chi connectivity index (χ1n) is 4.69. The summed E-state index contributed by atoms with van der Waals surface area (Å²) in [6.07, 6.45) is 0. The van der Waals surface area contributed by atoms with Crippen LogP contribution in [0.4, 0.5) is 0 Å². The Kier molecular flexibility index (Phi) is 7.54. The maximum Gasteiger partial charge on any atom is 0.325 e. The summed E-state index contributed by atoms with van der Waals surface area (Å²) in [5, 5.41) is 0. The van der Waals surface area contributed by atoms with Gasteiger partial charge < -0.3 is 15.2 Å². The second-order valence-corrected chi connectivity index (χ2v) is 3.13. The van der Waals surface area contributed by atoms with E-state index >= 15 is 0 Å². The van der Waals surface area contributed by atoms with Gasteiger partial charge in [0.05, 0.1) is 20.3 Å². The van der Waals surface area contributed by atoms with Gasteiger partial charge in [0.1, 0.15) is 6.04 Å². The minimum absolute atomic E-state index is 0. The lowest BCUT2D eigenvalue weighted by molar-refractivity contribution is -0.143. The topological polar surface area (TPSA) is 61.5 Å². The Balaban J connectivity index is 0.00000225. The lowest BCUT2D eigenvalue weighted by Crippen LogP contribution is -2.36. The summed E-state index contributed by atoms with van der Waals surface area (Å²) in [6.45, 7) is 0.618. The maximum atomic E-state index is 10.9. The number of carbonyl (C=O) groups excluding carboxylic acids is 1.